The van der Waals surface area contributed by atoms with Crippen LogP contribution in [-0.4, -0.2) is 81.1 Å². The van der Waals surface area contributed by atoms with Gasteiger partial charge in [-0.2, -0.15) is 5.26 Å². The molecule has 2 unspecified atom stereocenters. The van der Waals surface area contributed by atoms with Crippen LogP contribution in [0.3, 0.4) is 0 Å². The molecule has 465 valence electrons. The number of rotatable bonds is 8. The number of ketones is 1. The molecule has 13 heteroatoms. The first kappa shape index (κ1) is 164. The van der Waals surface area contributed by atoms with Gasteiger partial charge in [0.2, 0.25) is 0 Å². The lowest BCUT2D eigenvalue weighted by Gasteiger charge is -2.18. The van der Waals surface area contributed by atoms with Crippen molar-refractivity contribution in [3.63, 3.8) is 0 Å². The molecule has 0 saturated heterocycles. The van der Waals surface area contributed by atoms with Gasteiger partial charge in [0.1, 0.15) is 0 Å². The van der Waals surface area contributed by atoms with Crippen molar-refractivity contribution in [2.45, 2.75) is 226 Å². The van der Waals surface area contributed by atoms with E-state index in [1.54, 1.807) is 41.5 Å². The van der Waals surface area contributed by atoms with Crippen LogP contribution in [0.25, 0.3) is 0 Å². The van der Waals surface area contributed by atoms with Gasteiger partial charge in [-0.1, -0.05) is 307 Å². The molecule has 15 radical (unpaired) electrons. The molecule has 2 atom stereocenters. The van der Waals surface area contributed by atoms with Crippen molar-refractivity contribution in [2.24, 2.45) is 0 Å². The Kier molecular flexibility index (Phi) is 184. The summed E-state index contributed by atoms with van der Waals surface area (Å²) in [5, 5.41) is 35.0. The second-order valence-electron chi connectivity index (χ2n) is 13.2. The number of benzene rings is 5. The number of carbonyl (C=O) groups excluding carboxylic acids is 1. The molecule has 0 bridgehead atoms. The van der Waals surface area contributed by atoms with Gasteiger partial charge in [-0.15, -0.1) is 0 Å². The van der Waals surface area contributed by atoms with Gasteiger partial charge in [0.05, 0.1) is 28.7 Å². The number of nitrogens with zero attached hydrogens (tertiary/aromatic N) is 1. The van der Waals surface area contributed by atoms with E-state index in [9.17, 15) is 19.2 Å². The smallest absolute Gasteiger partial charge is 0.313 e. The molecular formula is C67H135B5NO7. The second-order valence-corrected chi connectivity index (χ2v) is 13.2. The molecule has 5 aromatic carbocycles. The Morgan fingerprint density at radius 2 is 0.600 bits per heavy atom. The van der Waals surface area contributed by atoms with Crippen LogP contribution < -0.4 is 0 Å². The zero-order valence-corrected chi connectivity index (χ0v) is 36.9. The van der Waals surface area contributed by atoms with Crippen LogP contribution in [0.4, 0.5) is 0 Å². The van der Waals surface area contributed by atoms with Crippen LogP contribution in [0.5, 0.6) is 0 Å². The molecule has 0 saturated carbocycles. The third-order valence-electron chi connectivity index (χ3n) is 8.40. The van der Waals surface area contributed by atoms with E-state index in [1.807, 2.05) is 172 Å². The lowest BCUT2D eigenvalue weighted by Crippen LogP contribution is -2.28. The highest BCUT2D eigenvalue weighted by molar-refractivity contribution is 5.93. The van der Waals surface area contributed by atoms with Gasteiger partial charge < -0.3 is 15.3 Å². The first-order valence-corrected chi connectivity index (χ1v) is 18.3. The molecule has 8 nitrogen and oxygen atoms in total. The summed E-state index contributed by atoms with van der Waals surface area (Å²) in [6, 6.07) is 48.8. The van der Waals surface area contributed by atoms with Gasteiger partial charge >= 0.3 is 17.9 Å². The molecule has 0 heterocycles. The summed E-state index contributed by atoms with van der Waals surface area (Å²) in [6.07, 6.45) is 0. The summed E-state index contributed by atoms with van der Waals surface area (Å²) in [5.74, 6) is -2.65. The maximum Gasteiger partial charge on any atom is 0.313 e. The Morgan fingerprint density at radius 3 is 0.775 bits per heavy atom. The molecule has 0 amide bonds. The lowest BCUT2D eigenvalue weighted by molar-refractivity contribution is -0.143. The van der Waals surface area contributed by atoms with Gasteiger partial charge in [0, 0.05) is 49.1 Å². The van der Waals surface area contributed by atoms with E-state index in [0.29, 0.717) is 0 Å². The maximum atomic E-state index is 10.8. The topological polar surface area (TPSA) is 153 Å². The fourth-order valence-electron chi connectivity index (χ4n) is 4.33. The molecule has 80 heavy (non-hydrogen) atoms. The molecule has 5 aromatic rings. The van der Waals surface area contributed by atoms with E-state index in [4.69, 9.17) is 20.6 Å². The van der Waals surface area contributed by atoms with E-state index < -0.39 is 34.7 Å². The Morgan fingerprint density at radius 1 is 0.400 bits per heavy atom. The van der Waals surface area contributed by atoms with E-state index >= 15 is 0 Å². The van der Waals surface area contributed by atoms with E-state index in [-0.39, 0.29) is 196 Å². The highest BCUT2D eigenvalue weighted by Crippen LogP contribution is 2.23. The molecule has 0 aliphatic heterocycles. The van der Waals surface area contributed by atoms with Crippen molar-refractivity contribution in [3.05, 3.63) is 179 Å². The molecule has 5 rings (SSSR count). The van der Waals surface area contributed by atoms with Gasteiger partial charge in [-0.25, -0.2) is 0 Å². The molecule has 0 aromatic heterocycles. The summed E-state index contributed by atoms with van der Waals surface area (Å²) in [4.78, 5) is 42.8. The van der Waals surface area contributed by atoms with Gasteiger partial charge in [0.25, 0.3) is 0 Å². The molecule has 0 aliphatic carbocycles. The van der Waals surface area contributed by atoms with E-state index in [0.717, 1.165) is 27.8 Å². The predicted octanol–water partition coefficient (Wildman–Crippen LogP) is 21.6. The normalized spacial score (nSPS) is 7.65. The number of carboxylic acids is 3. The average molecular weight is 1120 g/mol. The Bertz CT molecular complexity index is 1860. The fourth-order valence-corrected chi connectivity index (χ4v) is 4.33. The zero-order chi connectivity index (χ0) is 42.7. The van der Waals surface area contributed by atoms with Crippen LogP contribution >= 0.6 is 0 Å². The quantitative estimate of drug-likeness (QED) is 0.103. The highest BCUT2D eigenvalue weighted by atomic mass is 16.4. The summed E-state index contributed by atoms with van der Waals surface area (Å²) >= 11 is 0. The molecule has 0 aliphatic rings. The number of Topliss-reactive ketones (excluding diaryl/α,β-unsaturated/α-hetero) is 1. The third-order valence-corrected chi connectivity index (χ3v) is 8.40. The number of carboxylic acid groups (broad SMARTS) is 3. The van der Waals surface area contributed by atoms with E-state index in [1.165, 1.54) is 0 Å². The molecule has 3 N–H and O–H groups in total. The Balaban J connectivity index is -0.0000000180. The Hall–Kier alpha value is -6.01. The molecule has 0 spiro atoms. The van der Waals surface area contributed by atoms with Crippen LogP contribution in [0.15, 0.2) is 152 Å². The van der Waals surface area contributed by atoms with Crippen molar-refractivity contribution in [1.82, 2.24) is 0 Å². The molecular weight excluding hydrogens is 985 g/mol. The summed E-state index contributed by atoms with van der Waals surface area (Å²) in [6.45, 7) is 15.9. The van der Waals surface area contributed by atoms with Crippen molar-refractivity contribution in [3.8, 4) is 6.07 Å². The van der Waals surface area contributed by atoms with Gasteiger partial charge in [0.15, 0.2) is 5.78 Å². The molecule has 0 fully saturated rings. The third kappa shape index (κ3) is 62.8. The number of hydrogen-bond donors (Lipinski definition) is 3. The van der Waals surface area contributed by atoms with Crippen molar-refractivity contribution >= 4 is 65.8 Å². The highest BCUT2D eigenvalue weighted by Gasteiger charge is 2.29. The lowest BCUT2D eigenvalue weighted by atomic mass is 9.85. The van der Waals surface area contributed by atoms with Crippen molar-refractivity contribution < 1.29 is 35.9 Å². The maximum absolute atomic E-state index is 10.8. The van der Waals surface area contributed by atoms with Crippen LogP contribution in [-0.2, 0) is 25.2 Å². The van der Waals surface area contributed by atoms with Crippen LogP contribution in [0, 0.1) is 11.3 Å². The minimum Gasteiger partial charge on any atom is -0.481 e. The summed E-state index contributed by atoms with van der Waals surface area (Å²) in [7, 11) is 0. The minimum atomic E-state index is -0.797. The number of nitriles is 1. The van der Waals surface area contributed by atoms with Crippen LogP contribution in [0.1, 0.15) is 249 Å². The second kappa shape index (κ2) is 89.6. The first-order chi connectivity index (χ1) is 26.5. The van der Waals surface area contributed by atoms with Crippen molar-refractivity contribution in [1.29, 1.82) is 5.26 Å². The first-order valence-electron chi connectivity index (χ1n) is 18.3. The van der Waals surface area contributed by atoms with E-state index in [2.05, 4.69) is 6.07 Å². The largest absolute Gasteiger partial charge is 0.481 e. The van der Waals surface area contributed by atoms with Gasteiger partial charge in [-0.05, 0) is 70.7 Å². The predicted molar refractivity (Wildman–Crippen MR) is 384 cm³/mol. The number of aliphatic carboxylic acids is 3. The summed E-state index contributed by atoms with van der Waals surface area (Å²) < 4.78 is 0. The van der Waals surface area contributed by atoms with Crippen molar-refractivity contribution in [2.75, 3.05) is 0 Å². The zero-order valence-electron chi connectivity index (χ0n) is 36.9. The van der Waals surface area contributed by atoms with Gasteiger partial charge in [-0.3, -0.25) is 19.2 Å². The SMILES string of the molecule is C.C.C.C.C.C.C.C.C.C.C.C.C.C.C.C.C.C.C.CC.CC(=O)c1ccccc1.CC(C#N)c1ccccc1.CC(C(=O)O)c1ccccc1.CC(C)(C(=O)O)c1ccccc1.CC(C)(C(=O)O)c1ccccc1.[2HH].[B].[B].[B].[B].[B]. The summed E-state index contributed by atoms with van der Waals surface area (Å²) in [5.41, 5.74) is 2.79. The minimum absolute atomic E-state index is 0. The Labute approximate surface area is 516 Å². The fraction of sp³-hybridized carbons (Fsp3) is 0.478. The average Bonchev–Trinajstić information content (AvgIpc) is 3.23. The van der Waals surface area contributed by atoms with Crippen LogP contribution in [0.2, 0.25) is 0 Å². The number of hydrogen-bond acceptors (Lipinski definition) is 5. The standard InChI is InChI=1S/2C10H12O2.C9H9N.C9H10O2.C8H8O.C2H6.19CH4.5B.H2/c2*1-10(2,9(11)12)8-6-4-3-5-7-8;1-8(7-10)9-5-3-2-4-6-9;1-7(9(10)11)8-5-3-2-4-6-8;1-7(9)8-5-3-2-4-6-8;1-2;;;;;;;;;;;;;;;;;;;;;;;;;/h2*3-7H,1-2H3,(H,11,12);2-6,8H,1H3;2-7H,1H3,(H,10,11);2-6H,1H3;1-2H3;19*1H4;;;;;;1H/i;;;;;;;;;;;;;;;;;;;;;;;;;;;;;;1+1. The monoisotopic (exact) mass is 1120 g/mol. The number of carbonyl (C=O) groups is 4.